The number of carbonyl (C=O) groups excluding carboxylic acids is 1. The van der Waals surface area contributed by atoms with E-state index in [0.717, 1.165) is 26.1 Å². The number of benzene rings is 1. The summed E-state index contributed by atoms with van der Waals surface area (Å²) < 4.78 is 5.46. The van der Waals surface area contributed by atoms with Crippen molar-refractivity contribution in [3.05, 3.63) is 35.4 Å². The highest BCUT2D eigenvalue weighted by molar-refractivity contribution is 5.68. The second kappa shape index (κ2) is 6.69. The average molecular weight is 304 g/mol. The van der Waals surface area contributed by atoms with Crippen LogP contribution in [-0.2, 0) is 11.3 Å². The number of carbonyl (C=O) groups is 1. The van der Waals surface area contributed by atoms with Crippen molar-refractivity contribution in [2.24, 2.45) is 0 Å². The van der Waals surface area contributed by atoms with Gasteiger partial charge < -0.3 is 9.64 Å². The van der Waals surface area contributed by atoms with Crippen LogP contribution in [0.5, 0.6) is 0 Å². The van der Waals surface area contributed by atoms with E-state index in [0.29, 0.717) is 6.04 Å². The number of aryl methyl sites for hydroxylation is 1. The Balaban J connectivity index is 1.90. The fraction of sp³-hybridized carbons (Fsp3) is 0.611. The summed E-state index contributed by atoms with van der Waals surface area (Å²) >= 11 is 0. The Kier molecular flexibility index (Phi) is 5.12. The van der Waals surface area contributed by atoms with Gasteiger partial charge in [0, 0.05) is 25.7 Å². The second-order valence-electron chi connectivity index (χ2n) is 7.21. The molecule has 0 saturated carbocycles. The third-order valence-electron chi connectivity index (χ3n) is 4.12. The van der Waals surface area contributed by atoms with Crippen molar-refractivity contribution in [1.82, 2.24) is 9.80 Å². The molecule has 0 spiro atoms. The van der Waals surface area contributed by atoms with Crippen molar-refractivity contribution in [3.63, 3.8) is 0 Å². The summed E-state index contributed by atoms with van der Waals surface area (Å²) in [6, 6.07) is 8.86. The average Bonchev–Trinajstić information content (AvgIpc) is 2.89. The Morgan fingerprint density at radius 2 is 2.05 bits per heavy atom. The maximum absolute atomic E-state index is 12.1. The Bertz CT molecular complexity index is 522. The van der Waals surface area contributed by atoms with Gasteiger partial charge in [-0.25, -0.2) is 4.79 Å². The maximum atomic E-state index is 12.1. The van der Waals surface area contributed by atoms with Crippen LogP contribution < -0.4 is 0 Å². The molecule has 0 aliphatic carbocycles. The van der Waals surface area contributed by atoms with Crippen LogP contribution in [0.1, 0.15) is 38.3 Å². The zero-order valence-corrected chi connectivity index (χ0v) is 14.4. The second-order valence-corrected chi connectivity index (χ2v) is 7.21. The van der Waals surface area contributed by atoms with Crippen molar-refractivity contribution in [2.45, 2.75) is 52.3 Å². The van der Waals surface area contributed by atoms with E-state index in [2.05, 4.69) is 43.1 Å². The predicted molar refractivity (Wildman–Crippen MR) is 88.9 cm³/mol. The van der Waals surface area contributed by atoms with E-state index in [1.165, 1.54) is 11.1 Å². The highest BCUT2D eigenvalue weighted by Crippen LogP contribution is 2.20. The molecule has 22 heavy (non-hydrogen) atoms. The number of amides is 1. The summed E-state index contributed by atoms with van der Waals surface area (Å²) in [6.07, 6.45) is 0.807. The lowest BCUT2D eigenvalue weighted by molar-refractivity contribution is 0.0282. The van der Waals surface area contributed by atoms with Gasteiger partial charge in [0.15, 0.2) is 0 Å². The lowest BCUT2D eigenvalue weighted by Gasteiger charge is -2.27. The number of nitrogens with zero attached hydrogens (tertiary/aromatic N) is 2. The van der Waals surface area contributed by atoms with Crippen LogP contribution in [0.25, 0.3) is 0 Å². The summed E-state index contributed by atoms with van der Waals surface area (Å²) in [5.41, 5.74) is 2.24. The minimum atomic E-state index is -0.428. The van der Waals surface area contributed by atoms with E-state index in [-0.39, 0.29) is 6.09 Å². The van der Waals surface area contributed by atoms with E-state index >= 15 is 0 Å². The minimum absolute atomic E-state index is 0.195. The van der Waals surface area contributed by atoms with E-state index in [9.17, 15) is 4.79 Å². The Hall–Kier alpha value is -1.55. The third-order valence-corrected chi connectivity index (χ3v) is 4.12. The van der Waals surface area contributed by atoms with E-state index in [4.69, 9.17) is 4.74 Å². The molecule has 1 saturated heterocycles. The molecule has 1 aliphatic heterocycles. The van der Waals surface area contributed by atoms with Crippen molar-refractivity contribution >= 4 is 6.09 Å². The lowest BCUT2D eigenvalue weighted by atomic mass is 10.1. The van der Waals surface area contributed by atoms with Crippen LogP contribution in [0.2, 0.25) is 0 Å². The largest absolute Gasteiger partial charge is 0.444 e. The molecule has 0 bridgehead atoms. The molecule has 1 aromatic carbocycles. The van der Waals surface area contributed by atoms with E-state index in [1.54, 1.807) is 0 Å². The topological polar surface area (TPSA) is 32.8 Å². The molecule has 0 radical (unpaired) electrons. The van der Waals surface area contributed by atoms with Gasteiger partial charge in [-0.05, 0) is 52.3 Å². The molecular formula is C18H28N2O2. The van der Waals surface area contributed by atoms with Gasteiger partial charge in [-0.2, -0.15) is 0 Å². The first-order valence-corrected chi connectivity index (χ1v) is 7.99. The number of rotatable bonds is 3. The van der Waals surface area contributed by atoms with Gasteiger partial charge in [0.2, 0.25) is 0 Å². The summed E-state index contributed by atoms with van der Waals surface area (Å²) in [5, 5.41) is 0. The molecule has 1 atom stereocenters. The first kappa shape index (κ1) is 16.8. The molecule has 0 N–H and O–H groups in total. The number of likely N-dealkylation sites (tertiary alicyclic amines) is 1. The Morgan fingerprint density at radius 1 is 1.36 bits per heavy atom. The molecule has 1 aliphatic rings. The zero-order valence-electron chi connectivity index (χ0n) is 14.4. The standard InChI is InChI=1S/C18H28N2O2/c1-14-8-6-7-9-15(14)12-19(5)16-10-11-20(13-16)17(21)22-18(2,3)4/h6-9,16H,10-13H2,1-5H3. The number of likely N-dealkylation sites (N-methyl/N-ethyl adjacent to an activating group) is 1. The van der Waals surface area contributed by atoms with Gasteiger partial charge in [-0.15, -0.1) is 0 Å². The van der Waals surface area contributed by atoms with Gasteiger partial charge in [-0.3, -0.25) is 4.90 Å². The van der Waals surface area contributed by atoms with Crippen LogP contribution in [0.4, 0.5) is 4.79 Å². The quantitative estimate of drug-likeness (QED) is 0.857. The fourth-order valence-corrected chi connectivity index (χ4v) is 2.78. The summed E-state index contributed by atoms with van der Waals surface area (Å²) in [6.45, 7) is 10.3. The Labute approximate surface area is 134 Å². The predicted octanol–water partition coefficient (Wildman–Crippen LogP) is 3.44. The van der Waals surface area contributed by atoms with Crippen LogP contribution in [0.15, 0.2) is 24.3 Å². The van der Waals surface area contributed by atoms with Gasteiger partial charge in [0.25, 0.3) is 0 Å². The summed E-state index contributed by atoms with van der Waals surface area (Å²) in [5.74, 6) is 0. The normalized spacial score (nSPS) is 18.8. The summed E-state index contributed by atoms with van der Waals surface area (Å²) in [7, 11) is 2.13. The van der Waals surface area contributed by atoms with Crippen molar-refractivity contribution in [2.75, 3.05) is 20.1 Å². The summed E-state index contributed by atoms with van der Waals surface area (Å²) in [4.78, 5) is 16.3. The van der Waals surface area contributed by atoms with E-state index < -0.39 is 5.60 Å². The zero-order chi connectivity index (χ0) is 16.3. The molecule has 1 unspecified atom stereocenters. The van der Waals surface area contributed by atoms with Crippen LogP contribution in [0.3, 0.4) is 0 Å². The first-order chi connectivity index (χ1) is 10.3. The maximum Gasteiger partial charge on any atom is 0.410 e. The molecule has 1 fully saturated rings. The molecule has 4 heteroatoms. The van der Waals surface area contributed by atoms with Gasteiger partial charge in [0.1, 0.15) is 5.60 Å². The molecule has 1 heterocycles. The highest BCUT2D eigenvalue weighted by atomic mass is 16.6. The van der Waals surface area contributed by atoms with Crippen LogP contribution in [0, 0.1) is 6.92 Å². The van der Waals surface area contributed by atoms with Crippen molar-refractivity contribution in [3.8, 4) is 0 Å². The molecular weight excluding hydrogens is 276 g/mol. The van der Waals surface area contributed by atoms with Crippen LogP contribution in [-0.4, -0.2) is 47.7 Å². The van der Waals surface area contributed by atoms with Crippen molar-refractivity contribution in [1.29, 1.82) is 0 Å². The third kappa shape index (κ3) is 4.47. The molecule has 2 rings (SSSR count). The van der Waals surface area contributed by atoms with E-state index in [1.807, 2.05) is 25.7 Å². The Morgan fingerprint density at radius 3 is 2.68 bits per heavy atom. The minimum Gasteiger partial charge on any atom is -0.444 e. The number of hydrogen-bond acceptors (Lipinski definition) is 3. The van der Waals surface area contributed by atoms with Gasteiger partial charge in [0.05, 0.1) is 0 Å². The van der Waals surface area contributed by atoms with Gasteiger partial charge in [-0.1, -0.05) is 24.3 Å². The highest BCUT2D eigenvalue weighted by Gasteiger charge is 2.31. The molecule has 1 aromatic rings. The van der Waals surface area contributed by atoms with Crippen molar-refractivity contribution < 1.29 is 9.53 Å². The number of ether oxygens (including phenoxy) is 1. The number of hydrogen-bond donors (Lipinski definition) is 0. The fourth-order valence-electron chi connectivity index (χ4n) is 2.78. The molecule has 4 nitrogen and oxygen atoms in total. The monoisotopic (exact) mass is 304 g/mol. The SMILES string of the molecule is Cc1ccccc1CN(C)C1CCN(C(=O)OC(C)(C)C)C1. The molecule has 0 aromatic heterocycles. The lowest BCUT2D eigenvalue weighted by Crippen LogP contribution is -2.38. The van der Waals surface area contributed by atoms with Crippen LogP contribution >= 0.6 is 0 Å². The first-order valence-electron chi connectivity index (χ1n) is 7.99. The molecule has 1 amide bonds. The molecule has 122 valence electrons. The van der Waals surface area contributed by atoms with Gasteiger partial charge >= 0.3 is 6.09 Å². The smallest absolute Gasteiger partial charge is 0.410 e.